The first kappa shape index (κ1) is 16.6. The number of carbonyl (C=O) groups is 1. The van der Waals surface area contributed by atoms with Crippen LogP contribution in [0.4, 0.5) is 11.6 Å². The number of rotatable bonds is 9. The van der Waals surface area contributed by atoms with Crippen LogP contribution in [0.3, 0.4) is 0 Å². The zero-order valence-corrected chi connectivity index (χ0v) is 13.1. The number of amides is 1. The van der Waals surface area contributed by atoms with E-state index >= 15 is 0 Å². The van der Waals surface area contributed by atoms with E-state index < -0.39 is 0 Å². The van der Waals surface area contributed by atoms with Crippen molar-refractivity contribution in [2.24, 2.45) is 0 Å². The Balaban J connectivity index is 2.61. The minimum atomic E-state index is -0.0285. The van der Waals surface area contributed by atoms with E-state index in [1.54, 1.807) is 0 Å². The monoisotopic (exact) mass is 297 g/mol. The summed E-state index contributed by atoms with van der Waals surface area (Å²) in [4.78, 5) is 20.2. The molecule has 1 aromatic heterocycles. The molecule has 0 fully saturated rings. The van der Waals surface area contributed by atoms with Gasteiger partial charge in [-0.25, -0.2) is 9.97 Å². The molecule has 0 radical (unpaired) electrons. The maximum atomic E-state index is 11.5. The number of anilines is 2. The fourth-order valence-corrected chi connectivity index (χ4v) is 1.83. The Morgan fingerprint density at radius 1 is 1.15 bits per heavy atom. The molecular formula is C13H23N5OS. The van der Waals surface area contributed by atoms with Crippen LogP contribution in [-0.4, -0.2) is 41.8 Å². The summed E-state index contributed by atoms with van der Waals surface area (Å²) in [5.74, 6) is 1.41. The van der Waals surface area contributed by atoms with Gasteiger partial charge < -0.3 is 16.0 Å². The van der Waals surface area contributed by atoms with Crippen LogP contribution in [0, 0.1) is 0 Å². The highest BCUT2D eigenvalue weighted by atomic mass is 32.2. The second-order valence-corrected chi connectivity index (χ2v) is 5.03. The Morgan fingerprint density at radius 3 is 2.40 bits per heavy atom. The largest absolute Gasteiger partial charge is 0.370 e. The lowest BCUT2D eigenvalue weighted by Crippen LogP contribution is -2.30. The molecule has 0 unspecified atom stereocenters. The Labute approximate surface area is 124 Å². The van der Waals surface area contributed by atoms with Gasteiger partial charge in [0, 0.05) is 19.2 Å². The van der Waals surface area contributed by atoms with Crippen molar-refractivity contribution in [2.45, 2.75) is 31.8 Å². The molecule has 7 heteroatoms. The highest BCUT2D eigenvalue weighted by Gasteiger charge is 2.05. The van der Waals surface area contributed by atoms with Gasteiger partial charge in [-0.15, -0.1) is 0 Å². The number of hydrogen-bond donors (Lipinski definition) is 3. The van der Waals surface area contributed by atoms with Crippen LogP contribution in [0.15, 0.2) is 11.2 Å². The lowest BCUT2D eigenvalue weighted by molar-refractivity contribution is -0.119. The van der Waals surface area contributed by atoms with E-state index in [0.717, 1.165) is 25.2 Å². The lowest BCUT2D eigenvalue weighted by atomic mass is 10.4. The summed E-state index contributed by atoms with van der Waals surface area (Å²) in [7, 11) is 0. The highest BCUT2D eigenvalue weighted by Crippen LogP contribution is 2.17. The van der Waals surface area contributed by atoms with E-state index in [2.05, 4.69) is 32.8 Å². The Bertz CT molecular complexity index is 427. The third-order valence-corrected chi connectivity index (χ3v) is 2.99. The quantitative estimate of drug-likeness (QED) is 0.478. The molecule has 0 saturated heterocycles. The Hall–Kier alpha value is -1.50. The molecule has 0 aliphatic carbocycles. The van der Waals surface area contributed by atoms with Crippen LogP contribution in [0.25, 0.3) is 0 Å². The van der Waals surface area contributed by atoms with E-state index in [-0.39, 0.29) is 12.5 Å². The number of thioether (sulfide) groups is 1. The summed E-state index contributed by atoms with van der Waals surface area (Å²) in [5, 5.41) is 9.75. The molecule has 6 nitrogen and oxygen atoms in total. The van der Waals surface area contributed by atoms with Gasteiger partial charge in [-0.2, -0.15) is 0 Å². The minimum Gasteiger partial charge on any atom is -0.370 e. The Morgan fingerprint density at radius 2 is 1.80 bits per heavy atom. The first-order valence-corrected chi connectivity index (χ1v) is 8.09. The van der Waals surface area contributed by atoms with Crippen LogP contribution < -0.4 is 16.0 Å². The fourth-order valence-electron chi connectivity index (χ4n) is 1.45. The first-order chi connectivity index (χ1) is 9.69. The van der Waals surface area contributed by atoms with E-state index in [1.165, 1.54) is 11.8 Å². The first-order valence-electron chi connectivity index (χ1n) is 6.87. The van der Waals surface area contributed by atoms with Crippen LogP contribution in [0.2, 0.25) is 0 Å². The highest BCUT2D eigenvalue weighted by molar-refractivity contribution is 7.98. The normalized spacial score (nSPS) is 10.2. The molecule has 1 heterocycles. The molecule has 3 N–H and O–H groups in total. The SMILES string of the molecule is CCCNC(=O)CNc1cc(NCCC)nc(SC)n1. The minimum absolute atomic E-state index is 0.0285. The molecule has 0 aromatic carbocycles. The molecule has 0 saturated carbocycles. The van der Waals surface area contributed by atoms with Gasteiger partial charge in [-0.1, -0.05) is 25.6 Å². The van der Waals surface area contributed by atoms with Gasteiger partial charge >= 0.3 is 0 Å². The van der Waals surface area contributed by atoms with E-state index in [4.69, 9.17) is 0 Å². The van der Waals surface area contributed by atoms with Crippen molar-refractivity contribution in [1.29, 1.82) is 0 Å². The maximum absolute atomic E-state index is 11.5. The summed E-state index contributed by atoms with van der Waals surface area (Å²) in [6.07, 6.45) is 3.89. The second kappa shape index (κ2) is 9.41. The van der Waals surface area contributed by atoms with Crippen LogP contribution >= 0.6 is 11.8 Å². The molecule has 20 heavy (non-hydrogen) atoms. The topological polar surface area (TPSA) is 78.9 Å². The second-order valence-electron chi connectivity index (χ2n) is 4.26. The van der Waals surface area contributed by atoms with Crippen molar-refractivity contribution < 1.29 is 4.79 Å². The summed E-state index contributed by atoms with van der Waals surface area (Å²) >= 11 is 1.48. The van der Waals surface area contributed by atoms with Crippen LogP contribution in [-0.2, 0) is 4.79 Å². The van der Waals surface area contributed by atoms with E-state index in [1.807, 2.05) is 19.2 Å². The number of nitrogens with one attached hydrogen (secondary N) is 3. The van der Waals surface area contributed by atoms with Gasteiger partial charge in [0.1, 0.15) is 11.6 Å². The van der Waals surface area contributed by atoms with Gasteiger partial charge in [0.15, 0.2) is 5.16 Å². The summed E-state index contributed by atoms with van der Waals surface area (Å²) < 4.78 is 0. The smallest absolute Gasteiger partial charge is 0.239 e. The van der Waals surface area contributed by atoms with Crippen molar-refractivity contribution in [3.63, 3.8) is 0 Å². The molecule has 0 aliphatic rings. The molecule has 112 valence electrons. The number of aromatic nitrogens is 2. The zero-order valence-electron chi connectivity index (χ0n) is 12.3. The van der Waals surface area contributed by atoms with E-state index in [9.17, 15) is 4.79 Å². The number of hydrogen-bond acceptors (Lipinski definition) is 6. The summed E-state index contributed by atoms with van der Waals surface area (Å²) in [6, 6.07) is 1.82. The molecule has 0 aliphatic heterocycles. The Kier molecular flexibility index (Phi) is 7.79. The van der Waals surface area contributed by atoms with Crippen LogP contribution in [0.5, 0.6) is 0 Å². The molecule has 0 atom stereocenters. The zero-order chi connectivity index (χ0) is 14.8. The molecule has 1 amide bonds. The van der Waals surface area contributed by atoms with Gasteiger partial charge in [-0.05, 0) is 19.1 Å². The van der Waals surface area contributed by atoms with Crippen molar-refractivity contribution in [2.75, 3.05) is 36.5 Å². The molecule has 0 bridgehead atoms. The van der Waals surface area contributed by atoms with Crippen molar-refractivity contribution in [1.82, 2.24) is 15.3 Å². The van der Waals surface area contributed by atoms with Crippen molar-refractivity contribution >= 4 is 29.3 Å². The standard InChI is InChI=1S/C13H23N5OS/c1-4-6-14-10-8-11(18-13(17-10)20-3)16-9-12(19)15-7-5-2/h8H,4-7,9H2,1-3H3,(H,15,19)(H2,14,16,17,18). The molecule has 1 rings (SSSR count). The average Bonchev–Trinajstić information content (AvgIpc) is 2.48. The number of nitrogens with zero attached hydrogens (tertiary/aromatic N) is 2. The third-order valence-electron chi connectivity index (χ3n) is 2.45. The molecule has 0 spiro atoms. The molecule has 1 aromatic rings. The van der Waals surface area contributed by atoms with Crippen molar-refractivity contribution in [3.8, 4) is 0 Å². The predicted octanol–water partition coefficient (Wildman–Crippen LogP) is 1.96. The maximum Gasteiger partial charge on any atom is 0.239 e. The average molecular weight is 297 g/mol. The van der Waals surface area contributed by atoms with Gasteiger partial charge in [0.05, 0.1) is 6.54 Å². The summed E-state index contributed by atoms with van der Waals surface area (Å²) in [6.45, 7) is 5.90. The van der Waals surface area contributed by atoms with Gasteiger partial charge in [0.2, 0.25) is 5.91 Å². The number of carbonyl (C=O) groups excluding carboxylic acids is 1. The lowest BCUT2D eigenvalue weighted by Gasteiger charge is -2.10. The summed E-state index contributed by atoms with van der Waals surface area (Å²) in [5.41, 5.74) is 0. The molecular weight excluding hydrogens is 274 g/mol. The predicted molar refractivity (Wildman–Crippen MR) is 84.4 cm³/mol. The van der Waals surface area contributed by atoms with Gasteiger partial charge in [0.25, 0.3) is 0 Å². The van der Waals surface area contributed by atoms with Crippen molar-refractivity contribution in [3.05, 3.63) is 6.07 Å². The van der Waals surface area contributed by atoms with Gasteiger partial charge in [-0.3, -0.25) is 4.79 Å². The third kappa shape index (κ3) is 6.10. The van der Waals surface area contributed by atoms with E-state index in [0.29, 0.717) is 17.5 Å². The van der Waals surface area contributed by atoms with Crippen LogP contribution in [0.1, 0.15) is 26.7 Å². The fraction of sp³-hybridized carbons (Fsp3) is 0.615.